The van der Waals surface area contributed by atoms with Gasteiger partial charge in [0.25, 0.3) is 5.89 Å². The Morgan fingerprint density at radius 3 is 2.89 bits per heavy atom. The van der Waals surface area contributed by atoms with Crippen LogP contribution in [0.1, 0.15) is 5.82 Å². The minimum Gasteiger partial charge on any atom is -0.368 e. The summed E-state index contributed by atoms with van der Waals surface area (Å²) in [5.41, 5.74) is 0.830. The number of nitrogens with one attached hydrogen (secondary N) is 1. The Labute approximate surface area is 106 Å². The van der Waals surface area contributed by atoms with E-state index in [1.54, 1.807) is 13.1 Å². The maximum Gasteiger partial charge on any atom is 0.261 e. The zero-order chi connectivity index (χ0) is 13.0. The average Bonchev–Trinajstić information content (AvgIpc) is 2.76. The van der Waals surface area contributed by atoms with Crippen molar-refractivity contribution in [1.29, 1.82) is 0 Å². The second-order valence-corrected chi connectivity index (χ2v) is 4.28. The number of likely N-dealkylation sites (N-methyl/N-ethyl adjacent to an activating group) is 1. The third-order valence-corrected chi connectivity index (χ3v) is 2.42. The van der Waals surface area contributed by atoms with E-state index in [-0.39, 0.29) is 0 Å². The van der Waals surface area contributed by atoms with Crippen LogP contribution in [0, 0.1) is 6.92 Å². The lowest BCUT2D eigenvalue weighted by Crippen LogP contribution is -2.21. The fraction of sp³-hybridized carbons (Fsp3) is 0.417. The van der Waals surface area contributed by atoms with Gasteiger partial charge in [0.2, 0.25) is 0 Å². The van der Waals surface area contributed by atoms with Crippen molar-refractivity contribution in [3.05, 3.63) is 24.2 Å². The number of hydrogen-bond donors (Lipinski definition) is 1. The zero-order valence-corrected chi connectivity index (χ0v) is 10.8. The van der Waals surface area contributed by atoms with Crippen molar-refractivity contribution in [3.8, 4) is 11.5 Å². The van der Waals surface area contributed by atoms with Crippen LogP contribution in [0.2, 0.25) is 0 Å². The molecule has 0 fully saturated rings. The number of nitrogens with zero attached hydrogens (tertiary/aromatic N) is 4. The molecule has 2 aromatic heterocycles. The lowest BCUT2D eigenvalue weighted by atomic mass is 10.2. The van der Waals surface area contributed by atoms with Gasteiger partial charge in [-0.1, -0.05) is 5.16 Å². The van der Waals surface area contributed by atoms with Crippen molar-refractivity contribution < 1.29 is 4.52 Å². The first kappa shape index (κ1) is 12.5. The fourth-order valence-corrected chi connectivity index (χ4v) is 1.52. The molecule has 0 atom stereocenters. The van der Waals surface area contributed by atoms with Crippen molar-refractivity contribution in [2.75, 3.05) is 32.5 Å². The molecule has 0 bridgehead atoms. The minimum absolute atomic E-state index is 0.493. The van der Waals surface area contributed by atoms with Crippen LogP contribution >= 0.6 is 0 Å². The SMILES string of the molecule is Cc1noc(-c2cccnc2NCCN(C)C)n1. The zero-order valence-electron chi connectivity index (χ0n) is 10.8. The molecule has 18 heavy (non-hydrogen) atoms. The van der Waals surface area contributed by atoms with E-state index in [1.165, 1.54) is 0 Å². The Kier molecular flexibility index (Phi) is 3.88. The van der Waals surface area contributed by atoms with Crippen LogP contribution in [0.25, 0.3) is 11.5 Å². The first-order valence-electron chi connectivity index (χ1n) is 5.81. The van der Waals surface area contributed by atoms with Crippen LogP contribution in [0.15, 0.2) is 22.9 Å². The fourth-order valence-electron chi connectivity index (χ4n) is 1.52. The summed E-state index contributed by atoms with van der Waals surface area (Å²) in [6, 6.07) is 3.77. The number of aryl methyl sites for hydroxylation is 1. The maximum atomic E-state index is 5.17. The van der Waals surface area contributed by atoms with Crippen LogP contribution in [0.5, 0.6) is 0 Å². The van der Waals surface area contributed by atoms with Crippen LogP contribution in [-0.2, 0) is 0 Å². The molecule has 6 nitrogen and oxygen atoms in total. The van der Waals surface area contributed by atoms with Crippen molar-refractivity contribution in [2.24, 2.45) is 0 Å². The summed E-state index contributed by atoms with van der Waals surface area (Å²) in [7, 11) is 4.06. The van der Waals surface area contributed by atoms with Gasteiger partial charge in [-0.05, 0) is 33.2 Å². The molecule has 2 heterocycles. The highest BCUT2D eigenvalue weighted by Crippen LogP contribution is 2.23. The van der Waals surface area contributed by atoms with Crippen molar-refractivity contribution in [1.82, 2.24) is 20.0 Å². The Morgan fingerprint density at radius 2 is 2.22 bits per heavy atom. The molecule has 0 aromatic carbocycles. The van der Waals surface area contributed by atoms with Gasteiger partial charge in [-0.3, -0.25) is 0 Å². The molecule has 96 valence electrons. The van der Waals surface area contributed by atoms with Gasteiger partial charge in [-0.25, -0.2) is 4.98 Å². The Balaban J connectivity index is 2.15. The van der Waals surface area contributed by atoms with Gasteiger partial charge < -0.3 is 14.7 Å². The molecule has 2 rings (SSSR count). The van der Waals surface area contributed by atoms with Crippen LogP contribution in [0.3, 0.4) is 0 Å². The Morgan fingerprint density at radius 1 is 1.39 bits per heavy atom. The van der Waals surface area contributed by atoms with E-state index < -0.39 is 0 Å². The predicted molar refractivity (Wildman–Crippen MR) is 69.3 cm³/mol. The van der Waals surface area contributed by atoms with E-state index in [1.807, 2.05) is 26.2 Å². The van der Waals surface area contributed by atoms with E-state index in [4.69, 9.17) is 4.52 Å². The van der Waals surface area contributed by atoms with E-state index in [2.05, 4.69) is 25.3 Å². The molecule has 0 aliphatic carbocycles. The summed E-state index contributed by atoms with van der Waals surface area (Å²) in [6.45, 7) is 3.53. The average molecular weight is 247 g/mol. The number of rotatable bonds is 5. The van der Waals surface area contributed by atoms with Gasteiger partial charge in [-0.2, -0.15) is 4.98 Å². The molecule has 0 saturated heterocycles. The number of pyridine rings is 1. The largest absolute Gasteiger partial charge is 0.368 e. The summed E-state index contributed by atoms with van der Waals surface area (Å²) in [5, 5.41) is 7.06. The van der Waals surface area contributed by atoms with E-state index in [0.717, 1.165) is 24.5 Å². The molecule has 0 unspecified atom stereocenters. The van der Waals surface area contributed by atoms with Crippen LogP contribution in [0.4, 0.5) is 5.82 Å². The predicted octanol–water partition coefficient (Wildman–Crippen LogP) is 1.41. The molecular weight excluding hydrogens is 230 g/mol. The van der Waals surface area contributed by atoms with E-state index in [9.17, 15) is 0 Å². The Bertz CT molecular complexity index is 509. The lowest BCUT2D eigenvalue weighted by Gasteiger charge is -2.12. The third-order valence-electron chi connectivity index (χ3n) is 2.42. The summed E-state index contributed by atoms with van der Waals surface area (Å²) < 4.78 is 5.17. The standard InChI is InChI=1S/C12H17N5O/c1-9-15-12(18-16-9)10-5-4-6-13-11(10)14-7-8-17(2)3/h4-6H,7-8H2,1-3H3,(H,13,14). The third kappa shape index (κ3) is 3.04. The van der Waals surface area contributed by atoms with Crippen molar-refractivity contribution >= 4 is 5.82 Å². The molecule has 0 saturated carbocycles. The molecule has 0 radical (unpaired) electrons. The van der Waals surface area contributed by atoms with E-state index in [0.29, 0.717) is 11.7 Å². The Hall–Kier alpha value is -1.95. The summed E-state index contributed by atoms with van der Waals surface area (Å²) in [4.78, 5) is 10.6. The van der Waals surface area contributed by atoms with Gasteiger partial charge in [0.15, 0.2) is 5.82 Å². The van der Waals surface area contributed by atoms with Crippen molar-refractivity contribution in [2.45, 2.75) is 6.92 Å². The maximum absolute atomic E-state index is 5.17. The molecular formula is C12H17N5O. The molecule has 1 N–H and O–H groups in total. The highest BCUT2D eigenvalue weighted by Gasteiger charge is 2.11. The smallest absolute Gasteiger partial charge is 0.261 e. The highest BCUT2D eigenvalue weighted by molar-refractivity contribution is 5.68. The summed E-state index contributed by atoms with van der Waals surface area (Å²) >= 11 is 0. The van der Waals surface area contributed by atoms with Gasteiger partial charge in [0, 0.05) is 19.3 Å². The van der Waals surface area contributed by atoms with Crippen molar-refractivity contribution in [3.63, 3.8) is 0 Å². The molecule has 0 amide bonds. The van der Waals surface area contributed by atoms with Crippen LogP contribution in [-0.4, -0.2) is 47.2 Å². The van der Waals surface area contributed by atoms with Gasteiger partial charge in [0.1, 0.15) is 5.82 Å². The van der Waals surface area contributed by atoms with Gasteiger partial charge in [-0.15, -0.1) is 0 Å². The highest BCUT2D eigenvalue weighted by atomic mass is 16.5. The molecule has 6 heteroatoms. The van der Waals surface area contributed by atoms with E-state index >= 15 is 0 Å². The number of aromatic nitrogens is 3. The summed E-state index contributed by atoms with van der Waals surface area (Å²) in [5.74, 6) is 1.88. The van der Waals surface area contributed by atoms with Gasteiger partial charge >= 0.3 is 0 Å². The molecule has 0 aliphatic rings. The number of anilines is 1. The van der Waals surface area contributed by atoms with Crippen LogP contribution < -0.4 is 5.32 Å². The lowest BCUT2D eigenvalue weighted by molar-refractivity contribution is 0.423. The first-order valence-corrected chi connectivity index (χ1v) is 5.81. The van der Waals surface area contributed by atoms with Gasteiger partial charge in [0.05, 0.1) is 5.56 Å². The second-order valence-electron chi connectivity index (χ2n) is 4.28. The molecule has 2 aromatic rings. The first-order chi connectivity index (χ1) is 8.66. The number of hydrogen-bond acceptors (Lipinski definition) is 6. The molecule has 0 spiro atoms. The second kappa shape index (κ2) is 5.59. The minimum atomic E-state index is 0.493. The summed E-state index contributed by atoms with van der Waals surface area (Å²) in [6.07, 6.45) is 1.74. The topological polar surface area (TPSA) is 67.1 Å². The molecule has 0 aliphatic heterocycles. The monoisotopic (exact) mass is 247 g/mol. The normalized spacial score (nSPS) is 10.9. The quantitative estimate of drug-likeness (QED) is 0.861.